The van der Waals surface area contributed by atoms with E-state index < -0.39 is 11.9 Å². The maximum absolute atomic E-state index is 12.0. The molecule has 1 amide bonds. The molecule has 0 heterocycles. The van der Waals surface area contributed by atoms with Crippen LogP contribution in [0.4, 0.5) is 0 Å². The zero-order valence-electron chi connectivity index (χ0n) is 10.3. The van der Waals surface area contributed by atoms with Crippen LogP contribution in [-0.2, 0) is 4.79 Å². The van der Waals surface area contributed by atoms with Crippen LogP contribution < -0.4 is 4.74 Å². The summed E-state index contributed by atoms with van der Waals surface area (Å²) in [6.45, 7) is 0.969. The summed E-state index contributed by atoms with van der Waals surface area (Å²) in [6.07, 6.45) is 0. The van der Waals surface area contributed by atoms with Crippen molar-refractivity contribution in [2.45, 2.75) is 6.92 Å². The quantitative estimate of drug-likeness (QED) is 0.457. The normalized spacial score (nSPS) is 9.00. The van der Waals surface area contributed by atoms with Crippen LogP contribution in [0.1, 0.15) is 17.3 Å². The van der Waals surface area contributed by atoms with Gasteiger partial charge in [-0.05, 0) is 24.3 Å². The first kappa shape index (κ1) is 14.2. The predicted octanol–water partition coefficient (Wildman–Crippen LogP) is 1.10. The van der Waals surface area contributed by atoms with Gasteiger partial charge in [-0.2, -0.15) is 10.5 Å². The van der Waals surface area contributed by atoms with Crippen LogP contribution in [0.2, 0.25) is 0 Å². The Morgan fingerprint density at radius 3 is 2.11 bits per heavy atom. The minimum Gasteiger partial charge on any atom is -0.427 e. The van der Waals surface area contributed by atoms with E-state index in [1.54, 1.807) is 0 Å². The van der Waals surface area contributed by atoms with Crippen LogP contribution >= 0.6 is 0 Å². The zero-order valence-corrected chi connectivity index (χ0v) is 10.3. The summed E-state index contributed by atoms with van der Waals surface area (Å²) in [5.41, 5.74) is 0.321. The molecule has 0 saturated carbocycles. The van der Waals surface area contributed by atoms with Crippen molar-refractivity contribution >= 4 is 11.9 Å². The lowest BCUT2D eigenvalue weighted by Gasteiger charge is -2.15. The first-order valence-corrected chi connectivity index (χ1v) is 5.40. The Bertz CT molecular complexity index is 536. The molecule has 0 aliphatic heterocycles. The van der Waals surface area contributed by atoms with Gasteiger partial charge < -0.3 is 9.64 Å². The summed E-state index contributed by atoms with van der Waals surface area (Å²) >= 11 is 0. The summed E-state index contributed by atoms with van der Waals surface area (Å²) in [6, 6.07) is 9.56. The van der Waals surface area contributed by atoms with Crippen molar-refractivity contribution in [2.75, 3.05) is 13.1 Å². The predicted molar refractivity (Wildman–Crippen MR) is 64.9 cm³/mol. The molecule has 1 aromatic carbocycles. The molecule has 0 aliphatic rings. The Morgan fingerprint density at radius 2 is 1.68 bits per heavy atom. The summed E-state index contributed by atoms with van der Waals surface area (Å²) in [5.74, 6) is -0.539. The van der Waals surface area contributed by atoms with Crippen molar-refractivity contribution in [1.29, 1.82) is 10.5 Å². The largest absolute Gasteiger partial charge is 0.427 e. The van der Waals surface area contributed by atoms with Crippen molar-refractivity contribution in [3.8, 4) is 17.9 Å². The molecule has 0 aromatic heterocycles. The van der Waals surface area contributed by atoms with Crippen LogP contribution in [0, 0.1) is 22.7 Å². The van der Waals surface area contributed by atoms with Crippen molar-refractivity contribution in [1.82, 2.24) is 4.90 Å². The molecule has 0 atom stereocenters. The summed E-state index contributed by atoms with van der Waals surface area (Å²) < 4.78 is 4.84. The van der Waals surface area contributed by atoms with Gasteiger partial charge in [0, 0.05) is 12.5 Å². The standard InChI is InChI=1S/C13H11N3O3/c1-10(17)19-12-4-2-11(3-5-12)13(18)16(8-6-14)9-7-15/h2-5H,8-9H2,1H3. The molecule has 19 heavy (non-hydrogen) atoms. The van der Waals surface area contributed by atoms with Gasteiger partial charge in [0.15, 0.2) is 0 Å². The van der Waals surface area contributed by atoms with E-state index in [1.165, 1.54) is 31.2 Å². The maximum Gasteiger partial charge on any atom is 0.308 e. The second-order valence-electron chi connectivity index (χ2n) is 3.60. The number of nitrogens with zero attached hydrogens (tertiary/aromatic N) is 3. The lowest BCUT2D eigenvalue weighted by Crippen LogP contribution is -2.31. The van der Waals surface area contributed by atoms with Gasteiger partial charge in [-0.15, -0.1) is 0 Å². The minimum absolute atomic E-state index is 0.155. The number of benzene rings is 1. The molecule has 0 N–H and O–H groups in total. The molecule has 96 valence electrons. The van der Waals surface area contributed by atoms with Crippen LogP contribution in [0.5, 0.6) is 5.75 Å². The number of carbonyl (C=O) groups is 2. The Labute approximate surface area is 110 Å². The van der Waals surface area contributed by atoms with Gasteiger partial charge in [0.2, 0.25) is 0 Å². The number of carbonyl (C=O) groups excluding carboxylic acids is 2. The van der Waals surface area contributed by atoms with Gasteiger partial charge in [0.25, 0.3) is 5.91 Å². The van der Waals surface area contributed by atoms with Gasteiger partial charge in [0.05, 0.1) is 12.1 Å². The highest BCUT2D eigenvalue weighted by molar-refractivity contribution is 5.94. The van der Waals surface area contributed by atoms with Gasteiger partial charge >= 0.3 is 5.97 Å². The molecule has 0 saturated heterocycles. The van der Waals surface area contributed by atoms with E-state index in [4.69, 9.17) is 15.3 Å². The van der Waals surface area contributed by atoms with Crippen molar-refractivity contribution < 1.29 is 14.3 Å². The zero-order chi connectivity index (χ0) is 14.3. The molecule has 0 unspecified atom stereocenters. The van der Waals surface area contributed by atoms with E-state index in [2.05, 4.69) is 0 Å². The van der Waals surface area contributed by atoms with Gasteiger partial charge in [-0.25, -0.2) is 0 Å². The average Bonchev–Trinajstić information content (AvgIpc) is 2.38. The van der Waals surface area contributed by atoms with Crippen LogP contribution in [0.25, 0.3) is 0 Å². The highest BCUT2D eigenvalue weighted by Gasteiger charge is 2.15. The fourth-order valence-corrected chi connectivity index (χ4v) is 1.38. The van der Waals surface area contributed by atoms with Crippen molar-refractivity contribution in [3.05, 3.63) is 29.8 Å². The number of nitriles is 2. The van der Waals surface area contributed by atoms with Gasteiger partial charge in [0.1, 0.15) is 18.8 Å². The van der Waals surface area contributed by atoms with E-state index in [1.807, 2.05) is 12.1 Å². The van der Waals surface area contributed by atoms with Crippen molar-refractivity contribution in [2.24, 2.45) is 0 Å². The fraction of sp³-hybridized carbons (Fsp3) is 0.231. The summed E-state index contributed by atoms with van der Waals surface area (Å²) in [4.78, 5) is 23.8. The Kier molecular flexibility index (Phi) is 5.06. The van der Waals surface area contributed by atoms with Gasteiger partial charge in [-0.3, -0.25) is 9.59 Å². The molecule has 0 aliphatic carbocycles. The molecule has 1 aromatic rings. The highest BCUT2D eigenvalue weighted by Crippen LogP contribution is 2.13. The molecule has 0 radical (unpaired) electrons. The molecule has 0 bridgehead atoms. The van der Waals surface area contributed by atoms with Gasteiger partial charge in [-0.1, -0.05) is 0 Å². The van der Waals surface area contributed by atoms with Crippen LogP contribution in [0.3, 0.4) is 0 Å². The Hall–Kier alpha value is -2.86. The SMILES string of the molecule is CC(=O)Oc1ccc(C(=O)N(CC#N)CC#N)cc1. The molecular weight excluding hydrogens is 246 g/mol. The number of hydrogen-bond acceptors (Lipinski definition) is 5. The number of amides is 1. The first-order valence-electron chi connectivity index (χ1n) is 5.40. The Morgan fingerprint density at radius 1 is 1.16 bits per heavy atom. The molecule has 6 heteroatoms. The third-order valence-electron chi connectivity index (χ3n) is 2.17. The fourth-order valence-electron chi connectivity index (χ4n) is 1.38. The molecular formula is C13H11N3O3. The second kappa shape index (κ2) is 6.77. The lowest BCUT2D eigenvalue weighted by molar-refractivity contribution is -0.131. The second-order valence-corrected chi connectivity index (χ2v) is 3.60. The smallest absolute Gasteiger partial charge is 0.308 e. The molecule has 0 fully saturated rings. The summed E-state index contributed by atoms with van der Waals surface area (Å²) in [7, 11) is 0. The molecule has 0 spiro atoms. The molecule has 6 nitrogen and oxygen atoms in total. The minimum atomic E-state index is -0.449. The van der Waals surface area contributed by atoms with Crippen LogP contribution in [0.15, 0.2) is 24.3 Å². The molecule has 1 rings (SSSR count). The number of hydrogen-bond donors (Lipinski definition) is 0. The third kappa shape index (κ3) is 4.14. The highest BCUT2D eigenvalue weighted by atomic mass is 16.5. The van der Waals surface area contributed by atoms with Crippen LogP contribution in [-0.4, -0.2) is 29.9 Å². The lowest BCUT2D eigenvalue weighted by atomic mass is 10.2. The van der Waals surface area contributed by atoms with E-state index in [-0.39, 0.29) is 13.1 Å². The third-order valence-corrected chi connectivity index (χ3v) is 2.17. The number of rotatable bonds is 4. The first-order chi connectivity index (χ1) is 9.08. The number of esters is 1. The maximum atomic E-state index is 12.0. The van der Waals surface area contributed by atoms with E-state index in [9.17, 15) is 9.59 Å². The van der Waals surface area contributed by atoms with E-state index in [0.29, 0.717) is 11.3 Å². The van der Waals surface area contributed by atoms with E-state index >= 15 is 0 Å². The monoisotopic (exact) mass is 257 g/mol. The van der Waals surface area contributed by atoms with E-state index in [0.717, 1.165) is 4.90 Å². The topological polar surface area (TPSA) is 94.2 Å². The van der Waals surface area contributed by atoms with Crippen molar-refractivity contribution in [3.63, 3.8) is 0 Å². The number of ether oxygens (including phenoxy) is 1. The summed E-state index contributed by atoms with van der Waals surface area (Å²) in [5, 5.41) is 17.2. The Balaban J connectivity index is 2.85. The average molecular weight is 257 g/mol.